The Bertz CT molecular complexity index is 853. The van der Waals surface area contributed by atoms with Gasteiger partial charge in [0.05, 0.1) is 5.69 Å². The van der Waals surface area contributed by atoms with Gasteiger partial charge in [-0.05, 0) is 31.5 Å². The largest absolute Gasteiger partial charge is 0.294 e. The molecule has 0 spiro atoms. The second-order valence-corrected chi connectivity index (χ2v) is 5.95. The molecule has 0 aliphatic carbocycles. The molecule has 1 N–H and O–H groups in total. The maximum absolute atomic E-state index is 12.1. The first-order valence-electron chi connectivity index (χ1n) is 6.93. The third-order valence-corrected chi connectivity index (χ3v) is 4.17. The predicted octanol–water partition coefficient (Wildman–Crippen LogP) is 2.86. The van der Waals surface area contributed by atoms with Crippen LogP contribution in [0.2, 0.25) is 0 Å². The van der Waals surface area contributed by atoms with Crippen molar-refractivity contribution in [3.8, 4) is 5.69 Å². The highest BCUT2D eigenvalue weighted by Gasteiger charge is 2.08. The molecule has 0 bridgehead atoms. The Hall–Kier alpha value is -2.34. The third-order valence-electron chi connectivity index (χ3n) is 3.26. The summed E-state index contributed by atoms with van der Waals surface area (Å²) in [5.41, 5.74) is 3.64. The van der Waals surface area contributed by atoms with E-state index in [0.717, 1.165) is 22.6 Å². The summed E-state index contributed by atoms with van der Waals surface area (Å²) in [6.07, 6.45) is 1.74. The van der Waals surface area contributed by atoms with Gasteiger partial charge in [0, 0.05) is 29.4 Å². The normalized spacial score (nSPS) is 10.8. The molecule has 5 nitrogen and oxygen atoms in total. The van der Waals surface area contributed by atoms with Crippen LogP contribution in [0.1, 0.15) is 17.0 Å². The molecular formula is C16H16N4OS. The Morgan fingerprint density at radius 1 is 1.23 bits per heavy atom. The molecule has 0 saturated carbocycles. The van der Waals surface area contributed by atoms with Crippen molar-refractivity contribution in [2.24, 2.45) is 0 Å². The van der Waals surface area contributed by atoms with Crippen molar-refractivity contribution < 1.29 is 0 Å². The molecule has 0 aliphatic heterocycles. The van der Waals surface area contributed by atoms with E-state index in [1.807, 2.05) is 44.2 Å². The van der Waals surface area contributed by atoms with Gasteiger partial charge < -0.3 is 0 Å². The number of hydrogen-bond donors (Lipinski definition) is 1. The van der Waals surface area contributed by atoms with E-state index in [9.17, 15) is 4.79 Å². The molecule has 22 heavy (non-hydrogen) atoms. The SMILES string of the molecule is Cc1ccnc(SCc2cc(=O)n(-c3ccccc3C)[nH]2)n1. The van der Waals surface area contributed by atoms with E-state index in [2.05, 4.69) is 15.1 Å². The fourth-order valence-electron chi connectivity index (χ4n) is 2.15. The Kier molecular flexibility index (Phi) is 4.11. The summed E-state index contributed by atoms with van der Waals surface area (Å²) < 4.78 is 1.57. The lowest BCUT2D eigenvalue weighted by molar-refractivity contribution is 0.826. The van der Waals surface area contributed by atoms with E-state index in [1.54, 1.807) is 16.9 Å². The summed E-state index contributed by atoms with van der Waals surface area (Å²) in [5, 5.41) is 3.86. The molecule has 0 aliphatic rings. The van der Waals surface area contributed by atoms with Crippen molar-refractivity contribution >= 4 is 11.8 Å². The number of benzene rings is 1. The summed E-state index contributed by atoms with van der Waals surface area (Å²) in [6, 6.07) is 11.3. The summed E-state index contributed by atoms with van der Waals surface area (Å²) in [5.74, 6) is 0.623. The highest BCUT2D eigenvalue weighted by atomic mass is 32.2. The van der Waals surface area contributed by atoms with E-state index in [0.29, 0.717) is 10.9 Å². The molecule has 2 aromatic heterocycles. The minimum Gasteiger partial charge on any atom is -0.294 e. The van der Waals surface area contributed by atoms with Crippen molar-refractivity contribution in [1.82, 2.24) is 19.7 Å². The van der Waals surface area contributed by atoms with E-state index >= 15 is 0 Å². The molecule has 2 heterocycles. The van der Waals surface area contributed by atoms with Gasteiger partial charge in [-0.25, -0.2) is 14.6 Å². The van der Waals surface area contributed by atoms with Crippen LogP contribution in [0.25, 0.3) is 5.69 Å². The van der Waals surface area contributed by atoms with Gasteiger partial charge in [-0.3, -0.25) is 9.89 Å². The zero-order valence-corrected chi connectivity index (χ0v) is 13.2. The Balaban J connectivity index is 1.81. The number of aryl methyl sites for hydroxylation is 2. The first-order valence-corrected chi connectivity index (χ1v) is 7.91. The first kappa shape index (κ1) is 14.6. The number of H-pyrrole nitrogens is 1. The number of thioether (sulfide) groups is 1. The lowest BCUT2D eigenvalue weighted by Crippen LogP contribution is -2.14. The average molecular weight is 312 g/mol. The van der Waals surface area contributed by atoms with Crippen molar-refractivity contribution in [3.63, 3.8) is 0 Å². The van der Waals surface area contributed by atoms with E-state index in [1.165, 1.54) is 11.8 Å². The van der Waals surface area contributed by atoms with Crippen LogP contribution in [-0.4, -0.2) is 19.7 Å². The van der Waals surface area contributed by atoms with Gasteiger partial charge in [0.25, 0.3) is 5.56 Å². The van der Waals surface area contributed by atoms with Crippen LogP contribution in [0.15, 0.2) is 52.5 Å². The lowest BCUT2D eigenvalue weighted by Gasteiger charge is -2.05. The van der Waals surface area contributed by atoms with Gasteiger partial charge in [0.1, 0.15) is 0 Å². The van der Waals surface area contributed by atoms with Gasteiger partial charge in [-0.1, -0.05) is 30.0 Å². The van der Waals surface area contributed by atoms with Crippen molar-refractivity contribution in [3.05, 3.63) is 69.9 Å². The molecular weight excluding hydrogens is 296 g/mol. The van der Waals surface area contributed by atoms with Crippen LogP contribution < -0.4 is 5.56 Å². The number of hydrogen-bond acceptors (Lipinski definition) is 4. The summed E-state index contributed by atoms with van der Waals surface area (Å²) in [4.78, 5) is 20.7. The monoisotopic (exact) mass is 312 g/mol. The molecule has 3 aromatic rings. The molecule has 1 aromatic carbocycles. The molecule has 6 heteroatoms. The molecule has 0 unspecified atom stereocenters. The second-order valence-electron chi connectivity index (χ2n) is 5.01. The molecule has 0 fully saturated rings. The second kappa shape index (κ2) is 6.19. The number of para-hydroxylation sites is 1. The maximum atomic E-state index is 12.1. The van der Waals surface area contributed by atoms with Gasteiger partial charge in [0.15, 0.2) is 5.16 Å². The molecule has 0 radical (unpaired) electrons. The number of aromatic amines is 1. The fourth-order valence-corrected chi connectivity index (χ4v) is 2.93. The smallest absolute Gasteiger partial charge is 0.271 e. The van der Waals surface area contributed by atoms with Crippen molar-refractivity contribution in [1.29, 1.82) is 0 Å². The summed E-state index contributed by atoms with van der Waals surface area (Å²) >= 11 is 1.50. The van der Waals surface area contributed by atoms with Crippen LogP contribution in [0.3, 0.4) is 0 Å². The highest BCUT2D eigenvalue weighted by molar-refractivity contribution is 7.98. The standard InChI is InChI=1S/C16H16N4OS/c1-11-5-3-4-6-14(11)20-15(21)9-13(19-20)10-22-16-17-8-7-12(2)18-16/h3-9,19H,10H2,1-2H3. The van der Waals surface area contributed by atoms with Crippen LogP contribution in [-0.2, 0) is 5.75 Å². The van der Waals surface area contributed by atoms with Crippen LogP contribution >= 0.6 is 11.8 Å². The van der Waals surface area contributed by atoms with Crippen LogP contribution in [0.4, 0.5) is 0 Å². The van der Waals surface area contributed by atoms with Crippen molar-refractivity contribution in [2.75, 3.05) is 0 Å². The first-order chi connectivity index (χ1) is 10.6. The molecule has 0 amide bonds. The zero-order valence-electron chi connectivity index (χ0n) is 12.4. The topological polar surface area (TPSA) is 63.6 Å². The Morgan fingerprint density at radius 3 is 2.82 bits per heavy atom. The van der Waals surface area contributed by atoms with E-state index in [4.69, 9.17) is 0 Å². The van der Waals surface area contributed by atoms with E-state index in [-0.39, 0.29) is 5.56 Å². The zero-order chi connectivity index (χ0) is 15.5. The molecule has 112 valence electrons. The van der Waals surface area contributed by atoms with Crippen LogP contribution in [0, 0.1) is 13.8 Å². The lowest BCUT2D eigenvalue weighted by atomic mass is 10.2. The van der Waals surface area contributed by atoms with Crippen LogP contribution in [0.5, 0.6) is 0 Å². The molecule has 3 rings (SSSR count). The maximum Gasteiger partial charge on any atom is 0.271 e. The number of nitrogens with one attached hydrogen (secondary N) is 1. The number of nitrogens with zero attached hydrogens (tertiary/aromatic N) is 3. The summed E-state index contributed by atoms with van der Waals surface area (Å²) in [7, 11) is 0. The van der Waals surface area contributed by atoms with Gasteiger partial charge in [-0.15, -0.1) is 0 Å². The number of rotatable bonds is 4. The highest BCUT2D eigenvalue weighted by Crippen LogP contribution is 2.18. The minimum absolute atomic E-state index is 0.0601. The molecule has 0 atom stereocenters. The molecule has 0 saturated heterocycles. The summed E-state index contributed by atoms with van der Waals surface area (Å²) in [6.45, 7) is 3.92. The third kappa shape index (κ3) is 3.12. The number of aromatic nitrogens is 4. The average Bonchev–Trinajstić information content (AvgIpc) is 2.87. The van der Waals surface area contributed by atoms with Crippen molar-refractivity contribution in [2.45, 2.75) is 24.8 Å². The quantitative estimate of drug-likeness (QED) is 0.594. The van der Waals surface area contributed by atoms with Gasteiger partial charge in [-0.2, -0.15) is 0 Å². The van der Waals surface area contributed by atoms with Gasteiger partial charge >= 0.3 is 0 Å². The minimum atomic E-state index is -0.0601. The van der Waals surface area contributed by atoms with Gasteiger partial charge in [0.2, 0.25) is 0 Å². The predicted molar refractivity (Wildman–Crippen MR) is 87.5 cm³/mol. The Labute approximate surface area is 132 Å². The van der Waals surface area contributed by atoms with E-state index < -0.39 is 0 Å². The Morgan fingerprint density at radius 2 is 2.05 bits per heavy atom. The fraction of sp³-hybridized carbons (Fsp3) is 0.188.